The summed E-state index contributed by atoms with van der Waals surface area (Å²) in [4.78, 5) is 14.7. The highest BCUT2D eigenvalue weighted by molar-refractivity contribution is 7.92. The van der Waals surface area contributed by atoms with Crippen LogP contribution in [0.15, 0.2) is 24.3 Å². The van der Waals surface area contributed by atoms with Crippen LogP contribution in [0, 0.1) is 4.78 Å². The minimum atomic E-state index is -2.46. The maximum absolute atomic E-state index is 12.9. The Morgan fingerprint density at radius 2 is 2.04 bits per heavy atom. The van der Waals surface area contributed by atoms with Crippen LogP contribution in [0.3, 0.4) is 0 Å². The Balaban J connectivity index is 1.44. The topological polar surface area (TPSA) is 79.7 Å². The molecule has 1 aromatic carbocycles. The molecule has 0 aromatic heterocycles. The van der Waals surface area contributed by atoms with Crippen LogP contribution in [-0.4, -0.2) is 57.9 Å². The van der Waals surface area contributed by atoms with E-state index < -0.39 is 21.4 Å². The summed E-state index contributed by atoms with van der Waals surface area (Å²) in [6.07, 6.45) is 1.33. The van der Waals surface area contributed by atoms with E-state index in [1.54, 1.807) is 0 Å². The number of ether oxygens (including phenoxy) is 2. The highest BCUT2D eigenvalue weighted by Crippen LogP contribution is 2.33. The molecule has 1 unspecified atom stereocenters. The molecule has 3 aliphatic heterocycles. The number of amides is 1. The Bertz CT molecular complexity index is 723. The van der Waals surface area contributed by atoms with Crippen molar-refractivity contribution in [3.05, 3.63) is 29.8 Å². The third-order valence-electron chi connectivity index (χ3n) is 5.26. The van der Waals surface area contributed by atoms with Gasteiger partial charge in [0.05, 0.1) is 12.2 Å². The first-order chi connectivity index (χ1) is 11.5. The molecular weight excluding hydrogens is 328 g/mol. The predicted octanol–water partition coefficient (Wildman–Crippen LogP) is 1.43. The molecule has 6 nitrogen and oxygen atoms in total. The monoisotopic (exact) mass is 350 g/mol. The summed E-state index contributed by atoms with van der Waals surface area (Å²) in [5.41, 5.74) is 0.645. The van der Waals surface area contributed by atoms with E-state index in [1.165, 1.54) is 0 Å². The molecule has 1 amide bonds. The van der Waals surface area contributed by atoms with E-state index in [0.717, 1.165) is 11.3 Å². The van der Waals surface area contributed by atoms with E-state index in [-0.39, 0.29) is 5.91 Å². The number of carbonyl (C=O) groups excluding carboxylic acids is 1. The largest absolute Gasteiger partial charge is 0.480 e. The third kappa shape index (κ3) is 2.91. The Morgan fingerprint density at radius 3 is 2.79 bits per heavy atom. The molecule has 0 saturated carbocycles. The minimum absolute atomic E-state index is 0.00561. The van der Waals surface area contributed by atoms with Gasteiger partial charge in [-0.2, -0.15) is 0 Å². The molecule has 1 N–H and O–H groups in total. The van der Waals surface area contributed by atoms with Crippen LogP contribution in [0.1, 0.15) is 18.4 Å². The lowest BCUT2D eigenvalue weighted by Gasteiger charge is -2.45. The number of fused-ring (bicyclic) bond motifs is 1. The summed E-state index contributed by atoms with van der Waals surface area (Å²) >= 11 is 0. The van der Waals surface area contributed by atoms with E-state index in [9.17, 15) is 9.00 Å². The predicted molar refractivity (Wildman–Crippen MR) is 89.7 cm³/mol. The summed E-state index contributed by atoms with van der Waals surface area (Å²) in [7, 11) is -2.46. The highest BCUT2D eigenvalue weighted by Gasteiger charge is 2.43. The molecule has 2 saturated heterocycles. The van der Waals surface area contributed by atoms with Gasteiger partial charge in [-0.3, -0.25) is 9.57 Å². The Morgan fingerprint density at radius 1 is 1.29 bits per heavy atom. The lowest BCUT2D eigenvalue weighted by molar-refractivity contribution is -0.157. The van der Waals surface area contributed by atoms with Crippen LogP contribution < -0.4 is 4.74 Å². The molecule has 1 aromatic rings. The molecule has 4 rings (SSSR count). The van der Waals surface area contributed by atoms with Crippen LogP contribution in [0.4, 0.5) is 0 Å². The van der Waals surface area contributed by atoms with Gasteiger partial charge in [-0.05, 0) is 24.5 Å². The number of carbonyl (C=O) groups is 1. The van der Waals surface area contributed by atoms with Crippen molar-refractivity contribution in [3.63, 3.8) is 0 Å². The van der Waals surface area contributed by atoms with Crippen LogP contribution in [0.25, 0.3) is 0 Å². The van der Waals surface area contributed by atoms with Gasteiger partial charge in [0.15, 0.2) is 6.10 Å². The zero-order chi connectivity index (χ0) is 16.8. The molecule has 7 heteroatoms. The third-order valence-corrected chi connectivity index (χ3v) is 6.98. The van der Waals surface area contributed by atoms with E-state index in [2.05, 4.69) is 0 Å². The molecule has 0 aliphatic carbocycles. The van der Waals surface area contributed by atoms with Crippen LogP contribution in [0.5, 0.6) is 5.75 Å². The number of rotatable bonds is 1. The summed E-state index contributed by atoms with van der Waals surface area (Å²) in [5.74, 6) is 1.53. The molecule has 2 fully saturated rings. The van der Waals surface area contributed by atoms with Crippen molar-refractivity contribution in [2.75, 3.05) is 31.2 Å². The van der Waals surface area contributed by atoms with Gasteiger partial charge in [-0.1, -0.05) is 18.2 Å². The van der Waals surface area contributed by atoms with Gasteiger partial charge in [0.1, 0.15) is 5.75 Å². The lowest BCUT2D eigenvalue weighted by atomic mass is 9.94. The summed E-state index contributed by atoms with van der Waals surface area (Å²) < 4.78 is 31.4. The first-order valence-electron chi connectivity index (χ1n) is 8.38. The molecule has 0 radical (unpaired) electrons. The fourth-order valence-corrected chi connectivity index (χ4v) is 5.40. The number of nitrogens with one attached hydrogen (secondary N) is 1. The number of morpholine rings is 1. The second-order valence-corrected chi connectivity index (χ2v) is 9.37. The van der Waals surface area contributed by atoms with Gasteiger partial charge in [0, 0.05) is 40.7 Å². The number of hydrogen-bond acceptors (Lipinski definition) is 5. The number of hydrogen-bond donors (Lipinski definition) is 1. The molecule has 0 bridgehead atoms. The maximum atomic E-state index is 12.9. The molecule has 3 aliphatic rings. The second kappa shape index (κ2) is 5.74. The zero-order valence-corrected chi connectivity index (χ0v) is 14.3. The molecule has 3 heterocycles. The van der Waals surface area contributed by atoms with Crippen LogP contribution >= 0.6 is 0 Å². The number of nitrogens with zero attached hydrogens (tertiary/aromatic N) is 1. The van der Waals surface area contributed by atoms with Crippen molar-refractivity contribution in [1.29, 1.82) is 4.78 Å². The van der Waals surface area contributed by atoms with Gasteiger partial charge in [0.2, 0.25) is 0 Å². The molecule has 1 atom stereocenters. The standard InChI is InChI=1S/C17H22N2O4S/c18-24(21)9-5-17(6-10-24)12-19(7-8-22-17)16(20)15-11-13-3-1-2-4-14(13)23-15/h1-4,15,18H,5-12H2. The van der Waals surface area contributed by atoms with E-state index in [0.29, 0.717) is 50.5 Å². The van der Waals surface area contributed by atoms with E-state index in [4.69, 9.17) is 14.3 Å². The van der Waals surface area contributed by atoms with E-state index in [1.807, 2.05) is 29.2 Å². The van der Waals surface area contributed by atoms with Crippen molar-refractivity contribution in [3.8, 4) is 5.75 Å². The number of benzene rings is 1. The SMILES string of the molecule is N=S1(=O)CCC2(CC1)CN(C(=O)C1Cc3ccccc3O1)CCO2. The fourth-order valence-electron chi connectivity index (χ4n) is 3.79. The van der Waals surface area contributed by atoms with Crippen molar-refractivity contribution in [2.45, 2.75) is 31.0 Å². The van der Waals surface area contributed by atoms with Crippen LogP contribution in [0.2, 0.25) is 0 Å². The molecule has 1 spiro atoms. The van der Waals surface area contributed by atoms with Crippen LogP contribution in [-0.2, 0) is 25.7 Å². The minimum Gasteiger partial charge on any atom is -0.480 e. The van der Waals surface area contributed by atoms with Crippen molar-refractivity contribution >= 4 is 15.6 Å². The highest BCUT2D eigenvalue weighted by atomic mass is 32.2. The molecule has 130 valence electrons. The average molecular weight is 350 g/mol. The van der Waals surface area contributed by atoms with E-state index >= 15 is 0 Å². The Labute approximate surface area is 142 Å². The molecular formula is C17H22N2O4S. The second-order valence-electron chi connectivity index (χ2n) is 6.93. The lowest BCUT2D eigenvalue weighted by Crippen LogP contribution is -2.58. The van der Waals surface area contributed by atoms with Crippen molar-refractivity contribution in [1.82, 2.24) is 4.90 Å². The Hall–Kier alpha value is -1.60. The van der Waals surface area contributed by atoms with Crippen molar-refractivity contribution in [2.24, 2.45) is 0 Å². The zero-order valence-electron chi connectivity index (χ0n) is 13.5. The maximum Gasteiger partial charge on any atom is 0.264 e. The van der Waals surface area contributed by atoms with Gasteiger partial charge in [-0.25, -0.2) is 4.21 Å². The fraction of sp³-hybridized carbons (Fsp3) is 0.588. The quantitative estimate of drug-likeness (QED) is 0.831. The smallest absolute Gasteiger partial charge is 0.264 e. The van der Waals surface area contributed by atoms with Crippen molar-refractivity contribution < 1.29 is 18.5 Å². The first kappa shape index (κ1) is 15.9. The van der Waals surface area contributed by atoms with Gasteiger partial charge in [0.25, 0.3) is 5.91 Å². The molecule has 24 heavy (non-hydrogen) atoms. The summed E-state index contributed by atoms with van der Waals surface area (Å²) in [6.45, 7) is 1.56. The number of para-hydroxylation sites is 1. The first-order valence-corrected chi connectivity index (χ1v) is 10.3. The van der Waals surface area contributed by atoms with Gasteiger partial charge in [-0.15, -0.1) is 0 Å². The average Bonchev–Trinajstić information content (AvgIpc) is 3.02. The summed E-state index contributed by atoms with van der Waals surface area (Å²) in [6, 6.07) is 7.76. The Kier molecular flexibility index (Phi) is 3.80. The normalized spacial score (nSPS) is 35.5. The van der Waals surface area contributed by atoms with Gasteiger partial charge >= 0.3 is 0 Å². The summed E-state index contributed by atoms with van der Waals surface area (Å²) in [5, 5.41) is 0. The van der Waals surface area contributed by atoms with Gasteiger partial charge < -0.3 is 14.4 Å².